The smallest absolute Gasteiger partial charge is 0.127 e. The summed E-state index contributed by atoms with van der Waals surface area (Å²) in [4.78, 5) is 9.63. The van der Waals surface area contributed by atoms with Crippen LogP contribution in [0.3, 0.4) is 0 Å². The zero-order chi connectivity index (χ0) is 27.4. The number of hydrogen-bond acceptors (Lipinski definition) is 4. The Bertz CT molecular complexity index is 1400. The lowest BCUT2D eigenvalue weighted by Gasteiger charge is -2.13. The van der Waals surface area contributed by atoms with Crippen molar-refractivity contribution < 1.29 is 10.2 Å². The number of benzene rings is 4. The molecule has 0 spiro atoms. The zero-order valence-electron chi connectivity index (χ0n) is 23.3. The number of hydrogen-bond donors (Lipinski definition) is 2. The van der Waals surface area contributed by atoms with E-state index in [9.17, 15) is 10.2 Å². The molecule has 4 rings (SSSR count). The molecular formula is C34H38N2O2. The highest BCUT2D eigenvalue weighted by Crippen LogP contribution is 2.36. The van der Waals surface area contributed by atoms with Crippen molar-refractivity contribution in [2.45, 2.75) is 66.2 Å². The molecule has 0 amide bonds. The summed E-state index contributed by atoms with van der Waals surface area (Å²) in [5.74, 6) is 0.956. The molecule has 0 fully saturated rings. The quantitative estimate of drug-likeness (QED) is 0.234. The molecular weight excluding hydrogens is 468 g/mol. The zero-order valence-corrected chi connectivity index (χ0v) is 23.3. The van der Waals surface area contributed by atoms with Crippen LogP contribution in [-0.4, -0.2) is 22.6 Å². The molecule has 38 heavy (non-hydrogen) atoms. The van der Waals surface area contributed by atoms with Crippen LogP contribution in [0.4, 0.5) is 11.4 Å². The number of nitrogens with zero attached hydrogens (tertiary/aromatic N) is 2. The Kier molecular flexibility index (Phi) is 8.31. The fourth-order valence-electron chi connectivity index (χ4n) is 4.68. The van der Waals surface area contributed by atoms with E-state index in [0.29, 0.717) is 22.5 Å². The molecule has 0 radical (unpaired) electrons. The lowest BCUT2D eigenvalue weighted by Crippen LogP contribution is -1.96. The molecule has 4 aromatic carbocycles. The van der Waals surface area contributed by atoms with Crippen molar-refractivity contribution in [3.05, 3.63) is 94.0 Å². The Morgan fingerprint density at radius 1 is 0.632 bits per heavy atom. The molecule has 0 aromatic heterocycles. The average Bonchev–Trinajstić information content (AvgIpc) is 2.91. The van der Waals surface area contributed by atoms with Crippen molar-refractivity contribution >= 4 is 34.6 Å². The molecule has 0 bridgehead atoms. The number of phenolic OH excluding ortho intramolecular Hbond substituents is 2. The predicted octanol–water partition coefficient (Wildman–Crippen LogP) is 9.12. The highest BCUT2D eigenvalue weighted by Gasteiger charge is 2.13. The van der Waals surface area contributed by atoms with Gasteiger partial charge < -0.3 is 10.2 Å². The summed E-state index contributed by atoms with van der Waals surface area (Å²) in [6, 6.07) is 20.3. The van der Waals surface area contributed by atoms with Crippen LogP contribution >= 0.6 is 0 Å². The van der Waals surface area contributed by atoms with E-state index < -0.39 is 0 Å². The first-order valence-electron chi connectivity index (χ1n) is 13.5. The van der Waals surface area contributed by atoms with E-state index in [-0.39, 0.29) is 23.3 Å². The van der Waals surface area contributed by atoms with Crippen LogP contribution in [-0.2, 0) is 12.8 Å². The van der Waals surface area contributed by atoms with Crippen molar-refractivity contribution in [3.8, 4) is 11.5 Å². The second kappa shape index (κ2) is 11.6. The molecule has 0 saturated heterocycles. The third-order valence-corrected chi connectivity index (χ3v) is 7.05. The van der Waals surface area contributed by atoms with E-state index in [1.54, 1.807) is 12.4 Å². The monoisotopic (exact) mass is 506 g/mol. The van der Waals surface area contributed by atoms with Gasteiger partial charge in [0.15, 0.2) is 0 Å². The van der Waals surface area contributed by atoms with Crippen molar-refractivity contribution in [2.75, 3.05) is 0 Å². The van der Waals surface area contributed by atoms with Crippen LogP contribution in [0.1, 0.15) is 86.8 Å². The van der Waals surface area contributed by atoms with E-state index in [1.807, 2.05) is 36.4 Å². The van der Waals surface area contributed by atoms with Crippen molar-refractivity contribution in [1.82, 2.24) is 0 Å². The fourth-order valence-corrected chi connectivity index (χ4v) is 4.68. The minimum absolute atomic E-state index is 0.205. The Hall–Kier alpha value is -3.92. The van der Waals surface area contributed by atoms with Gasteiger partial charge in [0, 0.05) is 23.6 Å². The second-order valence-electron chi connectivity index (χ2n) is 10.5. The first kappa shape index (κ1) is 27.1. The number of fused-ring (bicyclic) bond motifs is 1. The lowest BCUT2D eigenvalue weighted by molar-refractivity contribution is 0.463. The van der Waals surface area contributed by atoms with Gasteiger partial charge in [-0.05, 0) is 82.0 Å². The summed E-state index contributed by atoms with van der Waals surface area (Å²) in [6.45, 7) is 12.6. The Morgan fingerprint density at radius 3 is 1.37 bits per heavy atom. The molecule has 196 valence electrons. The van der Waals surface area contributed by atoms with Gasteiger partial charge in [-0.1, -0.05) is 77.9 Å². The molecule has 2 N–H and O–H groups in total. The van der Waals surface area contributed by atoms with Gasteiger partial charge in [0.05, 0.1) is 11.4 Å². The van der Waals surface area contributed by atoms with Gasteiger partial charge in [0.1, 0.15) is 11.5 Å². The van der Waals surface area contributed by atoms with Gasteiger partial charge in [-0.15, -0.1) is 0 Å². The summed E-state index contributed by atoms with van der Waals surface area (Å²) in [7, 11) is 0. The largest absolute Gasteiger partial charge is 0.507 e. The Morgan fingerprint density at radius 2 is 1.03 bits per heavy atom. The van der Waals surface area contributed by atoms with E-state index in [0.717, 1.165) is 45.9 Å². The predicted molar refractivity (Wildman–Crippen MR) is 162 cm³/mol. The SMILES string of the molecule is CCc1cc(C=Nc2cc3ccccc3cc2N=Cc2cc(CC)cc(C(C)C)c2O)c(O)c(C(C)C)c1. The summed E-state index contributed by atoms with van der Waals surface area (Å²) in [6.07, 6.45) is 5.22. The maximum Gasteiger partial charge on any atom is 0.127 e. The molecule has 0 saturated carbocycles. The minimum Gasteiger partial charge on any atom is -0.507 e. The van der Waals surface area contributed by atoms with Crippen LogP contribution < -0.4 is 0 Å². The van der Waals surface area contributed by atoms with E-state index in [1.165, 1.54) is 0 Å². The van der Waals surface area contributed by atoms with Crippen LogP contribution in [0, 0.1) is 0 Å². The van der Waals surface area contributed by atoms with Crippen LogP contribution in [0.2, 0.25) is 0 Å². The van der Waals surface area contributed by atoms with Gasteiger partial charge in [-0.3, -0.25) is 9.98 Å². The fraction of sp³-hybridized carbons (Fsp3) is 0.294. The van der Waals surface area contributed by atoms with Gasteiger partial charge in [0.2, 0.25) is 0 Å². The highest BCUT2D eigenvalue weighted by atomic mass is 16.3. The first-order valence-corrected chi connectivity index (χ1v) is 13.5. The summed E-state index contributed by atoms with van der Waals surface area (Å²) >= 11 is 0. The molecule has 4 heteroatoms. The first-order chi connectivity index (χ1) is 18.2. The number of aryl methyl sites for hydroxylation is 2. The Labute approximate surface area is 226 Å². The molecule has 0 aliphatic rings. The summed E-state index contributed by atoms with van der Waals surface area (Å²) in [5.41, 5.74) is 6.97. The molecule has 0 aliphatic carbocycles. The number of aromatic hydroxyl groups is 2. The molecule has 0 atom stereocenters. The molecule has 0 heterocycles. The van der Waals surface area contributed by atoms with Crippen LogP contribution in [0.25, 0.3) is 10.8 Å². The molecule has 4 nitrogen and oxygen atoms in total. The van der Waals surface area contributed by atoms with Gasteiger partial charge in [-0.25, -0.2) is 0 Å². The van der Waals surface area contributed by atoms with E-state index in [2.05, 4.69) is 65.8 Å². The highest BCUT2D eigenvalue weighted by molar-refractivity contribution is 5.96. The molecule has 0 aliphatic heterocycles. The van der Waals surface area contributed by atoms with Gasteiger partial charge in [0.25, 0.3) is 0 Å². The average molecular weight is 507 g/mol. The summed E-state index contributed by atoms with van der Waals surface area (Å²) in [5, 5.41) is 24.0. The lowest BCUT2D eigenvalue weighted by atomic mass is 9.95. The van der Waals surface area contributed by atoms with Crippen molar-refractivity contribution in [1.29, 1.82) is 0 Å². The second-order valence-corrected chi connectivity index (χ2v) is 10.5. The van der Waals surface area contributed by atoms with Gasteiger partial charge in [-0.2, -0.15) is 0 Å². The van der Waals surface area contributed by atoms with Crippen molar-refractivity contribution in [2.24, 2.45) is 9.98 Å². The number of rotatable bonds is 8. The van der Waals surface area contributed by atoms with E-state index >= 15 is 0 Å². The van der Waals surface area contributed by atoms with Crippen LogP contribution in [0.5, 0.6) is 11.5 Å². The minimum atomic E-state index is 0.205. The van der Waals surface area contributed by atoms with Gasteiger partial charge >= 0.3 is 0 Å². The maximum absolute atomic E-state index is 11.0. The third kappa shape index (κ3) is 5.80. The number of aliphatic imine (C=N–C) groups is 2. The Balaban J connectivity index is 1.83. The standard InChI is InChI=1S/C34H38N2O2/c1-7-23-13-27(33(37)29(15-23)21(3)4)19-35-31-17-25-11-9-10-12-26(25)18-32(31)36-20-28-14-24(8-2)16-30(22(5)6)34(28)38/h9-22,37-38H,7-8H2,1-6H3. The summed E-state index contributed by atoms with van der Waals surface area (Å²) < 4.78 is 0. The molecule has 0 unspecified atom stereocenters. The van der Waals surface area contributed by atoms with E-state index in [4.69, 9.17) is 9.98 Å². The maximum atomic E-state index is 11.0. The van der Waals surface area contributed by atoms with Crippen molar-refractivity contribution in [3.63, 3.8) is 0 Å². The topological polar surface area (TPSA) is 65.2 Å². The number of phenols is 2. The van der Waals surface area contributed by atoms with Crippen LogP contribution in [0.15, 0.2) is 70.6 Å². The third-order valence-electron chi connectivity index (χ3n) is 7.05. The normalized spacial score (nSPS) is 12.1. The molecule has 4 aromatic rings.